The van der Waals surface area contributed by atoms with Crippen molar-refractivity contribution in [1.29, 1.82) is 0 Å². The van der Waals surface area contributed by atoms with Crippen molar-refractivity contribution in [2.45, 2.75) is 32.1 Å². The molecule has 2 atom stereocenters. The van der Waals surface area contributed by atoms with Gasteiger partial charge < -0.3 is 10.1 Å². The first-order chi connectivity index (χ1) is 12.7. The number of nitrogens with one attached hydrogen (secondary N) is 1. The molecule has 2 fully saturated rings. The fourth-order valence-electron chi connectivity index (χ4n) is 4.20. The summed E-state index contributed by atoms with van der Waals surface area (Å²) in [6.07, 6.45) is 4.36. The van der Waals surface area contributed by atoms with Gasteiger partial charge in [0.15, 0.2) is 5.75 Å². The van der Waals surface area contributed by atoms with Gasteiger partial charge in [0.25, 0.3) is 0 Å². The van der Waals surface area contributed by atoms with Gasteiger partial charge in [-0.2, -0.15) is 0 Å². The Morgan fingerprint density at radius 3 is 2.31 bits per heavy atom. The minimum Gasteiger partial charge on any atom is -0.455 e. The number of benzene rings is 2. The van der Waals surface area contributed by atoms with E-state index in [2.05, 4.69) is 5.32 Å². The number of para-hydroxylation sites is 3. The van der Waals surface area contributed by atoms with Crippen molar-refractivity contribution < 1.29 is 14.3 Å². The number of amides is 1. The average Bonchev–Trinajstić information content (AvgIpc) is 2.64. The Labute approximate surface area is 153 Å². The lowest BCUT2D eigenvalue weighted by atomic mass is 9.67. The van der Waals surface area contributed by atoms with E-state index in [1.54, 1.807) is 0 Å². The number of hydrogen-bond donors (Lipinski definition) is 1. The van der Waals surface area contributed by atoms with Crippen LogP contribution in [-0.4, -0.2) is 11.7 Å². The van der Waals surface area contributed by atoms with Crippen LogP contribution < -0.4 is 10.1 Å². The van der Waals surface area contributed by atoms with Crippen molar-refractivity contribution in [3.8, 4) is 11.5 Å². The topological polar surface area (TPSA) is 55.4 Å². The predicted octanol–water partition coefficient (Wildman–Crippen LogP) is 4.81. The highest BCUT2D eigenvalue weighted by Gasteiger charge is 2.41. The Kier molecular flexibility index (Phi) is 4.74. The quantitative estimate of drug-likeness (QED) is 0.861. The first-order valence-electron chi connectivity index (χ1n) is 9.37. The van der Waals surface area contributed by atoms with E-state index in [0.29, 0.717) is 30.1 Å². The zero-order valence-corrected chi connectivity index (χ0v) is 14.7. The van der Waals surface area contributed by atoms with Crippen LogP contribution in [0.4, 0.5) is 5.69 Å². The van der Waals surface area contributed by atoms with Gasteiger partial charge in [-0.15, -0.1) is 0 Å². The first kappa shape index (κ1) is 16.8. The van der Waals surface area contributed by atoms with E-state index in [-0.39, 0.29) is 23.7 Å². The molecule has 0 radical (unpaired) electrons. The maximum absolute atomic E-state index is 12.8. The molecule has 2 unspecified atom stereocenters. The zero-order chi connectivity index (χ0) is 17.9. The monoisotopic (exact) mass is 349 g/mol. The van der Waals surface area contributed by atoms with Crippen molar-refractivity contribution in [2.75, 3.05) is 5.32 Å². The molecule has 2 saturated carbocycles. The van der Waals surface area contributed by atoms with Gasteiger partial charge in [-0.1, -0.05) is 36.8 Å². The van der Waals surface area contributed by atoms with E-state index < -0.39 is 0 Å². The summed E-state index contributed by atoms with van der Waals surface area (Å²) in [7, 11) is 0. The molecule has 4 heteroatoms. The number of carbonyl (C=O) groups is 2. The summed E-state index contributed by atoms with van der Waals surface area (Å²) in [5.41, 5.74) is 0.670. The van der Waals surface area contributed by atoms with Crippen LogP contribution >= 0.6 is 0 Å². The number of hydrogen-bond acceptors (Lipinski definition) is 3. The minimum absolute atomic E-state index is 0.00138. The Hall–Kier alpha value is -2.62. The molecule has 0 spiro atoms. The van der Waals surface area contributed by atoms with E-state index in [1.165, 1.54) is 0 Å². The third kappa shape index (κ3) is 3.50. The zero-order valence-electron chi connectivity index (χ0n) is 14.7. The van der Waals surface area contributed by atoms with Gasteiger partial charge >= 0.3 is 0 Å². The maximum atomic E-state index is 12.8. The van der Waals surface area contributed by atoms with E-state index >= 15 is 0 Å². The molecule has 1 amide bonds. The second-order valence-electron chi connectivity index (χ2n) is 7.30. The van der Waals surface area contributed by atoms with Gasteiger partial charge in [-0.25, -0.2) is 0 Å². The van der Waals surface area contributed by atoms with Crippen molar-refractivity contribution in [2.24, 2.45) is 17.8 Å². The Bertz CT molecular complexity index is 786. The summed E-state index contributed by atoms with van der Waals surface area (Å²) >= 11 is 0. The average molecular weight is 349 g/mol. The number of carbonyl (C=O) groups excluding carboxylic acids is 2. The molecule has 0 aliphatic heterocycles. The van der Waals surface area contributed by atoms with Crippen molar-refractivity contribution in [3.63, 3.8) is 0 Å². The molecule has 4 nitrogen and oxygen atoms in total. The number of ether oxygens (including phenoxy) is 1. The highest BCUT2D eigenvalue weighted by molar-refractivity contribution is 5.96. The van der Waals surface area contributed by atoms with Crippen LogP contribution in [0, 0.1) is 17.8 Å². The van der Waals surface area contributed by atoms with Crippen LogP contribution in [0.3, 0.4) is 0 Å². The number of anilines is 1. The number of ketones is 1. The molecule has 0 heterocycles. The number of rotatable bonds is 4. The fraction of sp³-hybridized carbons (Fsp3) is 0.364. The van der Waals surface area contributed by atoms with Crippen LogP contribution in [-0.2, 0) is 9.59 Å². The standard InChI is InChI=1S/C22H23NO3/c24-21-15-7-6-8-16(21)14-17(13-15)22(25)23-19-11-4-5-12-20(19)26-18-9-2-1-3-10-18/h1-5,9-12,15-17H,6-8,13-14H2,(H,23,25). The summed E-state index contributed by atoms with van der Waals surface area (Å²) in [6.45, 7) is 0. The molecule has 0 saturated heterocycles. The highest BCUT2D eigenvalue weighted by atomic mass is 16.5. The molecule has 4 rings (SSSR count). The number of Topliss-reactive ketones (excluding diaryl/α,β-unsaturated/α-hetero) is 1. The van der Waals surface area contributed by atoms with Gasteiger partial charge in [0.1, 0.15) is 11.5 Å². The third-order valence-electron chi connectivity index (χ3n) is 5.53. The molecular formula is C22H23NO3. The van der Waals surface area contributed by atoms with Crippen molar-refractivity contribution in [3.05, 3.63) is 54.6 Å². The minimum atomic E-state index is -0.0900. The Morgan fingerprint density at radius 1 is 0.923 bits per heavy atom. The first-order valence-corrected chi connectivity index (χ1v) is 9.37. The lowest BCUT2D eigenvalue weighted by molar-refractivity contribution is -0.136. The van der Waals surface area contributed by atoms with Crippen LogP contribution in [0.1, 0.15) is 32.1 Å². The third-order valence-corrected chi connectivity index (χ3v) is 5.53. The second-order valence-corrected chi connectivity index (χ2v) is 7.30. The lowest BCUT2D eigenvalue weighted by Crippen LogP contribution is -2.40. The molecule has 0 aromatic heterocycles. The molecule has 134 valence electrons. The van der Waals surface area contributed by atoms with Crippen LogP contribution in [0.5, 0.6) is 11.5 Å². The molecule has 2 aliphatic carbocycles. The van der Waals surface area contributed by atoms with Gasteiger partial charge in [0.2, 0.25) is 5.91 Å². The molecule has 1 N–H and O–H groups in total. The summed E-state index contributed by atoms with van der Waals surface area (Å²) < 4.78 is 5.92. The van der Waals surface area contributed by atoms with Gasteiger partial charge in [-0.3, -0.25) is 9.59 Å². The molecule has 2 aliphatic rings. The van der Waals surface area contributed by atoms with E-state index in [4.69, 9.17) is 4.74 Å². The largest absolute Gasteiger partial charge is 0.455 e. The van der Waals surface area contributed by atoms with Gasteiger partial charge in [0.05, 0.1) is 5.69 Å². The van der Waals surface area contributed by atoms with Gasteiger partial charge in [-0.05, 0) is 49.9 Å². The summed E-state index contributed by atoms with van der Waals surface area (Å²) in [5.74, 6) is 1.80. The Morgan fingerprint density at radius 2 is 1.58 bits per heavy atom. The lowest BCUT2D eigenvalue weighted by Gasteiger charge is -2.37. The molecule has 2 aromatic rings. The summed E-state index contributed by atoms with van der Waals surface area (Å²) in [5, 5.41) is 3.03. The van der Waals surface area contributed by atoms with E-state index in [0.717, 1.165) is 25.0 Å². The highest BCUT2D eigenvalue weighted by Crippen LogP contribution is 2.40. The molecule has 2 bridgehead atoms. The molecular weight excluding hydrogens is 326 g/mol. The van der Waals surface area contributed by atoms with Gasteiger partial charge in [0, 0.05) is 17.8 Å². The van der Waals surface area contributed by atoms with Crippen molar-refractivity contribution >= 4 is 17.4 Å². The second kappa shape index (κ2) is 7.32. The maximum Gasteiger partial charge on any atom is 0.227 e. The fourth-order valence-corrected chi connectivity index (χ4v) is 4.20. The van der Waals surface area contributed by atoms with E-state index in [9.17, 15) is 9.59 Å². The van der Waals surface area contributed by atoms with E-state index in [1.807, 2.05) is 54.6 Å². The summed E-state index contributed by atoms with van der Waals surface area (Å²) in [6, 6.07) is 17.0. The van der Waals surface area contributed by atoms with Crippen molar-refractivity contribution in [1.82, 2.24) is 0 Å². The van der Waals surface area contributed by atoms with Crippen LogP contribution in [0.15, 0.2) is 54.6 Å². The normalized spacial score (nSPS) is 24.8. The predicted molar refractivity (Wildman–Crippen MR) is 100 cm³/mol. The molecule has 26 heavy (non-hydrogen) atoms. The SMILES string of the molecule is O=C(Nc1ccccc1Oc1ccccc1)C1CC2CCCC(C1)C2=O. The molecule has 2 aromatic carbocycles. The van der Waals surface area contributed by atoms with Crippen LogP contribution in [0.2, 0.25) is 0 Å². The smallest absolute Gasteiger partial charge is 0.227 e. The van der Waals surface area contributed by atoms with Crippen LogP contribution in [0.25, 0.3) is 0 Å². The summed E-state index contributed by atoms with van der Waals surface area (Å²) in [4.78, 5) is 25.1. The number of fused-ring (bicyclic) bond motifs is 2. The Balaban J connectivity index is 1.47.